The van der Waals surface area contributed by atoms with Crippen molar-refractivity contribution in [3.63, 3.8) is 0 Å². The van der Waals surface area contributed by atoms with Gasteiger partial charge in [0.15, 0.2) is 11.8 Å². The van der Waals surface area contributed by atoms with Crippen LogP contribution in [-0.2, 0) is 9.53 Å². The summed E-state index contributed by atoms with van der Waals surface area (Å²) in [6.45, 7) is 4.38. The van der Waals surface area contributed by atoms with Gasteiger partial charge < -0.3 is 19.9 Å². The van der Waals surface area contributed by atoms with Crippen molar-refractivity contribution in [1.82, 2.24) is 5.32 Å². The van der Waals surface area contributed by atoms with Gasteiger partial charge in [0.2, 0.25) is 0 Å². The van der Waals surface area contributed by atoms with Gasteiger partial charge in [-0.2, -0.15) is 0 Å². The Kier molecular flexibility index (Phi) is 6.52. The number of carbonyl (C=O) groups is 2. The van der Waals surface area contributed by atoms with E-state index >= 15 is 0 Å². The zero-order chi connectivity index (χ0) is 18.5. The van der Waals surface area contributed by atoms with Crippen LogP contribution in [0.15, 0.2) is 22.7 Å². The Balaban J connectivity index is 2.80. The molecule has 0 heterocycles. The van der Waals surface area contributed by atoms with Crippen molar-refractivity contribution in [2.24, 2.45) is 0 Å². The molecule has 0 fully saturated rings. The molecule has 1 atom stereocenters. The average molecular weight is 405 g/mol. The molecule has 0 saturated carbocycles. The second kappa shape index (κ2) is 7.95. The summed E-state index contributed by atoms with van der Waals surface area (Å²) in [6.07, 6.45) is -0.927. The van der Waals surface area contributed by atoms with Gasteiger partial charge in [-0.25, -0.2) is 9.59 Å². The fourth-order valence-corrected chi connectivity index (χ4v) is 1.90. The van der Waals surface area contributed by atoms with Crippen LogP contribution in [0.5, 0.6) is 5.75 Å². The molecule has 1 amide bonds. The van der Waals surface area contributed by atoms with E-state index in [-0.39, 0.29) is 11.4 Å². The molecule has 24 heavy (non-hydrogen) atoms. The number of benzene rings is 1. The Labute approximate surface area is 146 Å². The fourth-order valence-electron chi connectivity index (χ4n) is 1.55. The number of rotatable bonds is 6. The monoisotopic (exact) mass is 404 g/mol. The molecule has 132 valence electrons. The lowest BCUT2D eigenvalue weighted by Crippen LogP contribution is -2.46. The van der Waals surface area contributed by atoms with Gasteiger partial charge in [-0.3, -0.25) is 10.1 Å². The highest BCUT2D eigenvalue weighted by Crippen LogP contribution is 2.30. The van der Waals surface area contributed by atoms with Crippen molar-refractivity contribution in [2.45, 2.75) is 32.4 Å². The van der Waals surface area contributed by atoms with Crippen LogP contribution in [-0.4, -0.2) is 40.3 Å². The first kappa shape index (κ1) is 19.7. The van der Waals surface area contributed by atoms with Crippen LogP contribution in [0, 0.1) is 10.1 Å². The number of carboxylic acid groups (broad SMARTS) is 1. The van der Waals surface area contributed by atoms with Gasteiger partial charge in [-0.05, 0) is 32.9 Å². The molecule has 0 radical (unpaired) electrons. The van der Waals surface area contributed by atoms with Gasteiger partial charge in [0.25, 0.3) is 0 Å². The number of amides is 1. The van der Waals surface area contributed by atoms with Crippen molar-refractivity contribution in [3.8, 4) is 5.75 Å². The first-order valence-corrected chi connectivity index (χ1v) is 7.58. The maximum absolute atomic E-state index is 11.6. The minimum Gasteiger partial charge on any atom is -0.484 e. The third-order valence-corrected chi connectivity index (χ3v) is 3.01. The minimum absolute atomic E-state index is 0.111. The molecule has 0 saturated heterocycles. The summed E-state index contributed by atoms with van der Waals surface area (Å²) in [5, 5.41) is 22.3. The van der Waals surface area contributed by atoms with Gasteiger partial charge >= 0.3 is 17.7 Å². The number of carbonyl (C=O) groups excluding carboxylic acids is 1. The molecule has 10 heteroatoms. The summed E-state index contributed by atoms with van der Waals surface area (Å²) in [5.41, 5.74) is -1.12. The topological polar surface area (TPSA) is 128 Å². The average Bonchev–Trinajstić information content (AvgIpc) is 2.41. The van der Waals surface area contributed by atoms with Gasteiger partial charge in [0.1, 0.15) is 12.2 Å². The van der Waals surface area contributed by atoms with Crippen LogP contribution >= 0.6 is 15.9 Å². The van der Waals surface area contributed by atoms with Crippen LogP contribution in [0.25, 0.3) is 0 Å². The van der Waals surface area contributed by atoms with Crippen LogP contribution in [0.2, 0.25) is 0 Å². The highest BCUT2D eigenvalue weighted by molar-refractivity contribution is 9.10. The summed E-state index contributed by atoms with van der Waals surface area (Å²) < 4.78 is 10.6. The normalized spacial score (nSPS) is 12.2. The van der Waals surface area contributed by atoms with E-state index in [1.165, 1.54) is 18.2 Å². The highest BCUT2D eigenvalue weighted by atomic mass is 79.9. The predicted octanol–water partition coefficient (Wildman–Crippen LogP) is 2.71. The molecule has 0 aromatic heterocycles. The number of nitrogens with one attached hydrogen (secondary N) is 1. The molecule has 0 unspecified atom stereocenters. The molecule has 2 N–H and O–H groups in total. The van der Waals surface area contributed by atoms with Crippen LogP contribution < -0.4 is 10.1 Å². The van der Waals surface area contributed by atoms with Gasteiger partial charge in [-0.15, -0.1) is 0 Å². The largest absolute Gasteiger partial charge is 0.484 e. The van der Waals surface area contributed by atoms with E-state index in [1.807, 2.05) is 0 Å². The molecule has 0 aliphatic rings. The van der Waals surface area contributed by atoms with Crippen molar-refractivity contribution in [1.29, 1.82) is 0 Å². The fraction of sp³-hybridized carbons (Fsp3) is 0.429. The van der Waals surface area contributed by atoms with Crippen LogP contribution in [0.3, 0.4) is 0 Å². The van der Waals surface area contributed by atoms with Crippen molar-refractivity contribution >= 4 is 33.7 Å². The third kappa shape index (κ3) is 6.41. The van der Waals surface area contributed by atoms with E-state index in [1.54, 1.807) is 20.8 Å². The first-order chi connectivity index (χ1) is 11.0. The lowest BCUT2D eigenvalue weighted by atomic mass is 10.2. The van der Waals surface area contributed by atoms with Gasteiger partial charge in [-0.1, -0.05) is 15.9 Å². The number of hydrogen-bond donors (Lipinski definition) is 2. The summed E-state index contributed by atoms with van der Waals surface area (Å²) in [6, 6.07) is 2.64. The van der Waals surface area contributed by atoms with E-state index < -0.39 is 35.2 Å². The standard InChI is InChI=1S/C14H17BrN2O7/c1-14(2,3)24-13(20)16-9(12(18)19)7-23-11-5-4-8(15)6-10(11)17(21)22/h4-6,9H,7H2,1-3H3,(H,16,20)(H,18,19)/t9-/m0/s1. The van der Waals surface area contributed by atoms with Gasteiger partial charge in [0, 0.05) is 10.5 Å². The number of ether oxygens (including phenoxy) is 2. The number of nitro groups is 1. The van der Waals surface area contributed by atoms with Crippen molar-refractivity contribution in [2.75, 3.05) is 6.61 Å². The molecule has 0 bridgehead atoms. The number of nitro benzene ring substituents is 1. The quantitative estimate of drug-likeness (QED) is 0.550. The number of hydrogen-bond acceptors (Lipinski definition) is 6. The minimum atomic E-state index is -1.43. The van der Waals surface area contributed by atoms with Crippen LogP contribution in [0.1, 0.15) is 20.8 Å². The lowest BCUT2D eigenvalue weighted by molar-refractivity contribution is -0.386. The smallest absolute Gasteiger partial charge is 0.408 e. The zero-order valence-corrected chi connectivity index (χ0v) is 14.8. The van der Waals surface area contributed by atoms with Gasteiger partial charge in [0.05, 0.1) is 4.92 Å². The van der Waals surface area contributed by atoms with E-state index in [0.29, 0.717) is 4.47 Å². The molecular weight excluding hydrogens is 388 g/mol. The Morgan fingerprint density at radius 1 is 1.42 bits per heavy atom. The predicted molar refractivity (Wildman–Crippen MR) is 87.1 cm³/mol. The highest BCUT2D eigenvalue weighted by Gasteiger charge is 2.26. The Hall–Kier alpha value is -2.36. The molecule has 1 aromatic rings. The summed E-state index contributed by atoms with van der Waals surface area (Å²) in [7, 11) is 0. The van der Waals surface area contributed by atoms with Crippen molar-refractivity contribution in [3.05, 3.63) is 32.8 Å². The lowest BCUT2D eigenvalue weighted by Gasteiger charge is -2.22. The first-order valence-electron chi connectivity index (χ1n) is 6.78. The number of alkyl carbamates (subject to hydrolysis) is 1. The third-order valence-electron chi connectivity index (χ3n) is 2.51. The maximum Gasteiger partial charge on any atom is 0.408 e. The molecule has 0 aliphatic carbocycles. The molecule has 1 rings (SSSR count). The second-order valence-electron chi connectivity index (χ2n) is 5.72. The molecule has 0 aliphatic heterocycles. The van der Waals surface area contributed by atoms with E-state index in [0.717, 1.165) is 0 Å². The molecule has 9 nitrogen and oxygen atoms in total. The molecule has 0 spiro atoms. The summed E-state index contributed by atoms with van der Waals surface area (Å²) in [4.78, 5) is 33.2. The number of aliphatic carboxylic acids is 1. The zero-order valence-electron chi connectivity index (χ0n) is 13.2. The van der Waals surface area contributed by atoms with Crippen LogP contribution in [0.4, 0.5) is 10.5 Å². The number of carboxylic acids is 1. The number of nitrogens with zero attached hydrogens (tertiary/aromatic N) is 1. The SMILES string of the molecule is CC(C)(C)OC(=O)N[C@@H](COc1ccc(Br)cc1[N+](=O)[O-])C(=O)O. The van der Waals surface area contributed by atoms with E-state index in [2.05, 4.69) is 21.2 Å². The molecular formula is C14H17BrN2O7. The second-order valence-corrected chi connectivity index (χ2v) is 6.63. The van der Waals surface area contributed by atoms with E-state index in [4.69, 9.17) is 14.6 Å². The summed E-state index contributed by atoms with van der Waals surface area (Å²) in [5.74, 6) is -1.47. The molecule has 1 aromatic carbocycles. The summed E-state index contributed by atoms with van der Waals surface area (Å²) >= 11 is 3.10. The number of halogens is 1. The Morgan fingerprint density at radius 2 is 2.04 bits per heavy atom. The Bertz CT molecular complexity index is 643. The maximum atomic E-state index is 11.6. The van der Waals surface area contributed by atoms with E-state index in [9.17, 15) is 19.7 Å². The Morgan fingerprint density at radius 3 is 2.54 bits per heavy atom. The van der Waals surface area contributed by atoms with Crippen molar-refractivity contribution < 1.29 is 29.1 Å².